The van der Waals surface area contributed by atoms with Crippen molar-refractivity contribution in [3.63, 3.8) is 0 Å². The number of carbonyl (C=O) groups excluding carboxylic acids is 1. The van der Waals surface area contributed by atoms with E-state index in [0.717, 1.165) is 5.56 Å². The van der Waals surface area contributed by atoms with Crippen LogP contribution in [0.3, 0.4) is 0 Å². The van der Waals surface area contributed by atoms with Crippen LogP contribution in [0.5, 0.6) is 5.75 Å². The minimum Gasteiger partial charge on any atom is -0.495 e. The summed E-state index contributed by atoms with van der Waals surface area (Å²) in [4.78, 5) is 12.0. The van der Waals surface area contributed by atoms with Crippen LogP contribution in [0.15, 0.2) is 48.5 Å². The molecule has 0 unspecified atom stereocenters. The third-order valence-corrected chi connectivity index (χ3v) is 3.41. The number of methoxy groups -OCH3 is 1. The van der Waals surface area contributed by atoms with Crippen molar-refractivity contribution in [1.82, 2.24) is 0 Å². The summed E-state index contributed by atoms with van der Waals surface area (Å²) in [6, 6.07) is 13.7. The first kappa shape index (κ1) is 16.0. The van der Waals surface area contributed by atoms with Crippen molar-refractivity contribution in [2.45, 2.75) is 13.0 Å². The smallest absolute Gasteiger partial charge is 0.279 e. The molecule has 0 radical (unpaired) electrons. The lowest BCUT2D eigenvalue weighted by Crippen LogP contribution is -2.86. The second kappa shape index (κ2) is 7.56. The van der Waals surface area contributed by atoms with Gasteiger partial charge in [-0.2, -0.15) is 0 Å². The van der Waals surface area contributed by atoms with Crippen LogP contribution in [0.25, 0.3) is 0 Å². The van der Waals surface area contributed by atoms with Gasteiger partial charge in [0, 0.05) is 5.56 Å². The lowest BCUT2D eigenvalue weighted by Gasteiger charge is -2.12. The standard InChI is InChI=1S/C17H19FN2O2/c1-12(13-6-5-7-14(18)10-13)19-11-17(21)20-15-8-3-4-9-16(15)22-2/h3-10,12,19H,11H2,1-2H3,(H,20,21)/p+1/t12-/m0/s1. The fourth-order valence-corrected chi connectivity index (χ4v) is 2.16. The number of para-hydroxylation sites is 2. The van der Waals surface area contributed by atoms with Crippen LogP contribution >= 0.6 is 0 Å². The molecule has 2 aromatic rings. The Hall–Kier alpha value is -2.40. The molecular weight excluding hydrogens is 283 g/mol. The minimum absolute atomic E-state index is 0.000816. The molecule has 0 aliphatic carbocycles. The zero-order chi connectivity index (χ0) is 15.9. The van der Waals surface area contributed by atoms with E-state index in [9.17, 15) is 9.18 Å². The lowest BCUT2D eigenvalue weighted by atomic mass is 10.1. The number of hydrogen-bond acceptors (Lipinski definition) is 2. The van der Waals surface area contributed by atoms with E-state index in [1.165, 1.54) is 12.1 Å². The van der Waals surface area contributed by atoms with E-state index < -0.39 is 0 Å². The summed E-state index contributed by atoms with van der Waals surface area (Å²) in [6.45, 7) is 2.18. The maximum atomic E-state index is 13.2. The van der Waals surface area contributed by atoms with Crippen molar-refractivity contribution in [2.75, 3.05) is 19.0 Å². The van der Waals surface area contributed by atoms with Crippen molar-refractivity contribution in [1.29, 1.82) is 0 Å². The second-order valence-electron chi connectivity index (χ2n) is 5.03. The first-order valence-electron chi connectivity index (χ1n) is 7.12. The molecule has 0 spiro atoms. The van der Waals surface area contributed by atoms with Crippen molar-refractivity contribution >= 4 is 11.6 Å². The van der Waals surface area contributed by atoms with Crippen LogP contribution < -0.4 is 15.4 Å². The average molecular weight is 303 g/mol. The maximum Gasteiger partial charge on any atom is 0.279 e. The number of rotatable bonds is 6. The molecule has 0 saturated carbocycles. The highest BCUT2D eigenvalue weighted by Crippen LogP contribution is 2.22. The molecule has 116 valence electrons. The molecule has 1 amide bonds. The zero-order valence-corrected chi connectivity index (χ0v) is 12.7. The minimum atomic E-state index is -0.267. The molecule has 0 aliphatic heterocycles. The summed E-state index contributed by atoms with van der Waals surface area (Å²) in [5.74, 6) is 0.220. The van der Waals surface area contributed by atoms with Gasteiger partial charge in [0.25, 0.3) is 5.91 Å². The van der Waals surface area contributed by atoms with Crippen LogP contribution in [0.2, 0.25) is 0 Å². The largest absolute Gasteiger partial charge is 0.495 e. The van der Waals surface area contributed by atoms with E-state index >= 15 is 0 Å². The van der Waals surface area contributed by atoms with Crippen molar-refractivity contribution in [2.24, 2.45) is 0 Å². The van der Waals surface area contributed by atoms with E-state index in [1.807, 2.05) is 30.4 Å². The molecule has 0 saturated heterocycles. The highest BCUT2D eigenvalue weighted by atomic mass is 19.1. The predicted molar refractivity (Wildman–Crippen MR) is 83.2 cm³/mol. The predicted octanol–water partition coefficient (Wildman–Crippen LogP) is 2.10. The molecule has 0 bridgehead atoms. The third kappa shape index (κ3) is 4.30. The first-order chi connectivity index (χ1) is 10.6. The number of halogens is 1. The normalized spacial score (nSPS) is 11.8. The fourth-order valence-electron chi connectivity index (χ4n) is 2.16. The molecule has 2 rings (SSSR count). The van der Waals surface area contributed by atoms with Gasteiger partial charge in [-0.25, -0.2) is 4.39 Å². The molecule has 3 N–H and O–H groups in total. The molecule has 0 fully saturated rings. The number of nitrogens with two attached hydrogens (primary N) is 1. The Balaban J connectivity index is 1.90. The summed E-state index contributed by atoms with van der Waals surface area (Å²) in [5.41, 5.74) is 1.49. The quantitative estimate of drug-likeness (QED) is 0.858. The Morgan fingerprint density at radius 2 is 2.05 bits per heavy atom. The summed E-state index contributed by atoms with van der Waals surface area (Å²) < 4.78 is 18.4. The summed E-state index contributed by atoms with van der Waals surface area (Å²) in [5, 5.41) is 4.67. The van der Waals surface area contributed by atoms with Crippen molar-refractivity contribution < 1.29 is 19.2 Å². The second-order valence-corrected chi connectivity index (χ2v) is 5.03. The topological polar surface area (TPSA) is 54.9 Å². The lowest BCUT2D eigenvalue weighted by molar-refractivity contribution is -0.682. The van der Waals surface area contributed by atoms with Gasteiger partial charge in [0.05, 0.1) is 12.8 Å². The van der Waals surface area contributed by atoms with Gasteiger partial charge in [-0.1, -0.05) is 24.3 Å². The van der Waals surface area contributed by atoms with Crippen LogP contribution in [0.1, 0.15) is 18.5 Å². The Morgan fingerprint density at radius 3 is 2.77 bits per heavy atom. The summed E-state index contributed by atoms with van der Waals surface area (Å²) in [6.07, 6.45) is 0. The van der Waals surface area contributed by atoms with Crippen LogP contribution in [0, 0.1) is 5.82 Å². The molecule has 0 aromatic heterocycles. The number of anilines is 1. The molecule has 22 heavy (non-hydrogen) atoms. The van der Waals surface area contributed by atoms with Gasteiger partial charge in [0.15, 0.2) is 6.54 Å². The van der Waals surface area contributed by atoms with Gasteiger partial charge < -0.3 is 15.4 Å². The molecular formula is C17H20FN2O2+. The molecule has 0 heterocycles. The monoisotopic (exact) mass is 303 g/mol. The first-order valence-corrected chi connectivity index (χ1v) is 7.12. The third-order valence-electron chi connectivity index (χ3n) is 3.41. The van der Waals surface area contributed by atoms with E-state index in [-0.39, 0.29) is 24.3 Å². The number of benzene rings is 2. The summed E-state index contributed by atoms with van der Waals surface area (Å²) >= 11 is 0. The Morgan fingerprint density at radius 1 is 1.27 bits per heavy atom. The van der Waals surface area contributed by atoms with E-state index in [4.69, 9.17) is 4.74 Å². The molecule has 5 heteroatoms. The van der Waals surface area contributed by atoms with Crippen molar-refractivity contribution in [3.8, 4) is 5.75 Å². The van der Waals surface area contributed by atoms with Crippen LogP contribution in [-0.2, 0) is 4.79 Å². The summed E-state index contributed by atoms with van der Waals surface area (Å²) in [7, 11) is 1.56. The van der Waals surface area contributed by atoms with Gasteiger partial charge >= 0.3 is 0 Å². The molecule has 4 nitrogen and oxygen atoms in total. The zero-order valence-electron chi connectivity index (χ0n) is 12.7. The number of amides is 1. The molecule has 2 aromatic carbocycles. The van der Waals surface area contributed by atoms with Crippen LogP contribution in [0.4, 0.5) is 10.1 Å². The maximum absolute atomic E-state index is 13.2. The van der Waals surface area contributed by atoms with Gasteiger partial charge in [0.1, 0.15) is 17.6 Å². The molecule has 0 aliphatic rings. The van der Waals surface area contributed by atoms with Crippen LogP contribution in [-0.4, -0.2) is 19.6 Å². The van der Waals surface area contributed by atoms with Gasteiger partial charge in [-0.15, -0.1) is 0 Å². The number of carbonyl (C=O) groups is 1. The highest BCUT2D eigenvalue weighted by molar-refractivity contribution is 5.92. The van der Waals surface area contributed by atoms with E-state index in [1.54, 1.807) is 25.3 Å². The van der Waals surface area contributed by atoms with Gasteiger partial charge in [-0.3, -0.25) is 4.79 Å². The highest BCUT2D eigenvalue weighted by Gasteiger charge is 2.13. The Bertz CT molecular complexity index is 646. The number of ether oxygens (including phenoxy) is 1. The number of nitrogens with one attached hydrogen (secondary N) is 1. The van der Waals surface area contributed by atoms with Crippen molar-refractivity contribution in [3.05, 3.63) is 59.9 Å². The average Bonchev–Trinajstić information content (AvgIpc) is 2.53. The SMILES string of the molecule is COc1ccccc1NC(=O)C[NH2+][C@@H](C)c1cccc(F)c1. The Kier molecular flexibility index (Phi) is 5.49. The van der Waals surface area contributed by atoms with Gasteiger partial charge in [0.2, 0.25) is 0 Å². The fraction of sp³-hybridized carbons (Fsp3) is 0.235. The Labute approximate surface area is 129 Å². The van der Waals surface area contributed by atoms with E-state index in [2.05, 4.69) is 5.32 Å². The van der Waals surface area contributed by atoms with Gasteiger partial charge in [-0.05, 0) is 31.2 Å². The number of hydrogen-bond donors (Lipinski definition) is 2. The molecule has 1 atom stereocenters. The number of quaternary nitrogens is 1. The van der Waals surface area contributed by atoms with E-state index in [0.29, 0.717) is 11.4 Å².